The van der Waals surface area contributed by atoms with Crippen LogP contribution in [0.15, 0.2) is 48.4 Å². The van der Waals surface area contributed by atoms with E-state index >= 15 is 0 Å². The Morgan fingerprint density at radius 3 is 3.00 bits per heavy atom. The molecule has 1 saturated heterocycles. The first-order valence-electron chi connectivity index (χ1n) is 10.2. The molecule has 0 bridgehead atoms. The molecule has 5 heteroatoms. The molecule has 2 N–H and O–H groups in total. The highest BCUT2D eigenvalue weighted by Crippen LogP contribution is 2.40. The van der Waals surface area contributed by atoms with E-state index < -0.39 is 0 Å². The van der Waals surface area contributed by atoms with Crippen molar-refractivity contribution in [1.29, 1.82) is 0 Å². The number of likely N-dealkylation sites (tertiary alicyclic amines) is 1. The predicted molar refractivity (Wildman–Crippen MR) is 113 cm³/mol. The van der Waals surface area contributed by atoms with Crippen LogP contribution in [0, 0.1) is 5.92 Å². The third-order valence-corrected chi connectivity index (χ3v) is 5.95. The first-order valence-corrected chi connectivity index (χ1v) is 10.2. The number of carbonyl (C=O) groups is 1. The maximum Gasteiger partial charge on any atom is 0.231 e. The van der Waals surface area contributed by atoms with Gasteiger partial charge in [0.1, 0.15) is 11.5 Å². The summed E-state index contributed by atoms with van der Waals surface area (Å²) in [5.41, 5.74) is 3.15. The third kappa shape index (κ3) is 3.21. The molecule has 29 heavy (non-hydrogen) atoms. The second kappa shape index (κ2) is 7.08. The molecule has 0 unspecified atom stereocenters. The number of aromatic amines is 1. The topological polar surface area (TPSA) is 65.6 Å². The Kier molecular flexibility index (Phi) is 4.40. The van der Waals surface area contributed by atoms with E-state index in [1.165, 1.54) is 6.42 Å². The number of carbonyl (C=O) groups excluding carboxylic acids is 1. The molecule has 0 saturated carbocycles. The van der Waals surface area contributed by atoms with Crippen LogP contribution in [0.4, 0.5) is 0 Å². The first kappa shape index (κ1) is 18.0. The normalized spacial score (nSPS) is 20.9. The van der Waals surface area contributed by atoms with Gasteiger partial charge in [0.25, 0.3) is 0 Å². The van der Waals surface area contributed by atoms with Crippen LogP contribution < -0.4 is 4.74 Å². The quantitative estimate of drug-likeness (QED) is 0.637. The summed E-state index contributed by atoms with van der Waals surface area (Å²) in [6, 6.07) is 11.2. The summed E-state index contributed by atoms with van der Waals surface area (Å²) < 4.78 is 6.03. The zero-order valence-electron chi connectivity index (χ0n) is 16.4. The molecule has 1 atom stereocenters. The third-order valence-electron chi connectivity index (χ3n) is 5.95. The number of phenolic OH excluding ortho intramolecular Hbond substituents is 1. The number of rotatable bonds is 3. The van der Waals surface area contributed by atoms with Crippen LogP contribution >= 0.6 is 0 Å². The molecule has 2 aromatic carbocycles. The Morgan fingerprint density at radius 2 is 2.14 bits per heavy atom. The van der Waals surface area contributed by atoms with Crippen molar-refractivity contribution in [2.75, 3.05) is 13.1 Å². The fraction of sp³-hybridized carbons (Fsp3) is 0.292. The Bertz CT molecular complexity index is 1130. The van der Waals surface area contributed by atoms with Crippen molar-refractivity contribution in [3.8, 4) is 11.5 Å². The number of nitrogens with zero attached hydrogens (tertiary/aromatic N) is 1. The number of ether oxygens (including phenoxy) is 1. The molecule has 5 rings (SSSR count). The predicted octanol–water partition coefficient (Wildman–Crippen LogP) is 4.72. The van der Waals surface area contributed by atoms with E-state index in [0.29, 0.717) is 35.1 Å². The van der Waals surface area contributed by atoms with Gasteiger partial charge in [-0.2, -0.15) is 0 Å². The van der Waals surface area contributed by atoms with Gasteiger partial charge in [-0.3, -0.25) is 9.69 Å². The smallest absolute Gasteiger partial charge is 0.231 e. The van der Waals surface area contributed by atoms with Crippen molar-refractivity contribution < 1.29 is 14.6 Å². The van der Waals surface area contributed by atoms with Gasteiger partial charge in [-0.1, -0.05) is 25.1 Å². The van der Waals surface area contributed by atoms with Gasteiger partial charge < -0.3 is 14.8 Å². The summed E-state index contributed by atoms with van der Waals surface area (Å²) in [5, 5.41) is 11.5. The van der Waals surface area contributed by atoms with Crippen molar-refractivity contribution in [2.45, 2.75) is 26.3 Å². The van der Waals surface area contributed by atoms with Crippen LogP contribution in [0.3, 0.4) is 0 Å². The molecule has 148 valence electrons. The maximum atomic E-state index is 13.0. The Labute approximate surface area is 169 Å². The molecule has 5 nitrogen and oxygen atoms in total. The van der Waals surface area contributed by atoms with E-state index in [2.05, 4.69) is 16.8 Å². The fourth-order valence-corrected chi connectivity index (χ4v) is 4.46. The molecule has 1 aromatic heterocycles. The molecule has 2 aliphatic heterocycles. The number of aromatic nitrogens is 1. The molecule has 0 aliphatic carbocycles. The summed E-state index contributed by atoms with van der Waals surface area (Å²) in [7, 11) is 0. The van der Waals surface area contributed by atoms with Crippen LogP contribution in [0.25, 0.3) is 17.0 Å². The number of benzene rings is 2. The van der Waals surface area contributed by atoms with Gasteiger partial charge in [-0.25, -0.2) is 0 Å². The number of allylic oxidation sites excluding steroid dienone is 1. The highest BCUT2D eigenvalue weighted by molar-refractivity contribution is 6.15. The number of phenols is 1. The molecule has 2 aliphatic rings. The molecule has 1 fully saturated rings. The largest absolute Gasteiger partial charge is 0.507 e. The number of fused-ring (bicyclic) bond motifs is 2. The number of H-pyrrole nitrogens is 1. The fourth-order valence-electron chi connectivity index (χ4n) is 4.46. The van der Waals surface area contributed by atoms with E-state index in [1.807, 2.05) is 30.5 Å². The van der Waals surface area contributed by atoms with Gasteiger partial charge in [0.15, 0.2) is 5.76 Å². The minimum Gasteiger partial charge on any atom is -0.507 e. The Balaban J connectivity index is 1.49. The van der Waals surface area contributed by atoms with E-state index in [0.717, 1.165) is 36.0 Å². The monoisotopic (exact) mass is 388 g/mol. The number of nitrogens with one attached hydrogen (secondary N) is 1. The molecular weight excluding hydrogens is 364 g/mol. The van der Waals surface area contributed by atoms with Crippen molar-refractivity contribution in [1.82, 2.24) is 9.88 Å². The number of aromatic hydroxyl groups is 1. The minimum atomic E-state index is -0.140. The number of ketones is 1. The van der Waals surface area contributed by atoms with Crippen molar-refractivity contribution in [2.24, 2.45) is 5.92 Å². The SMILES string of the molecule is C[C@@H]1CCCN(Cc2c(O)ccc3c2O/C(=C/c2c[nH]c4ccccc24)C3=O)C1. The molecule has 3 heterocycles. The lowest BCUT2D eigenvalue weighted by molar-refractivity contribution is 0.101. The van der Waals surface area contributed by atoms with Crippen LogP contribution in [-0.4, -0.2) is 33.9 Å². The van der Waals surface area contributed by atoms with Crippen molar-refractivity contribution in [3.05, 3.63) is 65.0 Å². The lowest BCUT2D eigenvalue weighted by Gasteiger charge is -2.31. The van der Waals surface area contributed by atoms with E-state index in [9.17, 15) is 9.90 Å². The van der Waals surface area contributed by atoms with Gasteiger partial charge in [0, 0.05) is 35.8 Å². The first-order chi connectivity index (χ1) is 14.1. The highest BCUT2D eigenvalue weighted by atomic mass is 16.5. The molecule has 0 amide bonds. The Morgan fingerprint density at radius 1 is 1.28 bits per heavy atom. The molecule has 0 spiro atoms. The average molecular weight is 388 g/mol. The molecular formula is C24H24N2O3. The van der Waals surface area contributed by atoms with Gasteiger partial charge in [0.2, 0.25) is 5.78 Å². The number of piperidine rings is 1. The number of para-hydroxylation sites is 1. The van der Waals surface area contributed by atoms with Gasteiger partial charge in [-0.15, -0.1) is 0 Å². The summed E-state index contributed by atoms with van der Waals surface area (Å²) >= 11 is 0. The van der Waals surface area contributed by atoms with Crippen LogP contribution in [0.2, 0.25) is 0 Å². The number of hydrogen-bond acceptors (Lipinski definition) is 4. The zero-order chi connectivity index (χ0) is 20.0. The minimum absolute atomic E-state index is 0.140. The molecule has 3 aromatic rings. The van der Waals surface area contributed by atoms with Gasteiger partial charge in [-0.05, 0) is 49.6 Å². The van der Waals surface area contributed by atoms with E-state index in [4.69, 9.17) is 4.74 Å². The summed E-state index contributed by atoms with van der Waals surface area (Å²) in [5.74, 6) is 1.48. The summed E-state index contributed by atoms with van der Waals surface area (Å²) in [6.07, 6.45) is 6.06. The summed E-state index contributed by atoms with van der Waals surface area (Å²) in [4.78, 5) is 18.5. The molecule has 0 radical (unpaired) electrons. The highest BCUT2D eigenvalue weighted by Gasteiger charge is 2.32. The van der Waals surface area contributed by atoms with Gasteiger partial charge >= 0.3 is 0 Å². The van der Waals surface area contributed by atoms with Crippen molar-refractivity contribution >= 4 is 22.8 Å². The zero-order valence-corrected chi connectivity index (χ0v) is 16.4. The second-order valence-electron chi connectivity index (χ2n) is 8.15. The van der Waals surface area contributed by atoms with Gasteiger partial charge in [0.05, 0.1) is 11.1 Å². The van der Waals surface area contributed by atoms with Crippen LogP contribution in [0.1, 0.15) is 41.3 Å². The number of hydrogen-bond donors (Lipinski definition) is 2. The standard InChI is InChI=1S/C24H24N2O3/c1-15-5-4-10-26(13-15)14-19-21(27)9-8-18-23(28)22(29-24(18)19)11-16-12-25-20-7-3-2-6-17(16)20/h2-3,6-9,11-12,15,25,27H,4-5,10,13-14H2,1H3/b22-11+/t15-/m1/s1. The van der Waals surface area contributed by atoms with Crippen LogP contribution in [0.5, 0.6) is 11.5 Å². The second-order valence-corrected chi connectivity index (χ2v) is 8.15. The Hall–Kier alpha value is -3.05. The average Bonchev–Trinajstić information content (AvgIpc) is 3.26. The number of Topliss-reactive ketones (excluding diaryl/α,β-unsaturated/α-hetero) is 1. The van der Waals surface area contributed by atoms with E-state index in [1.54, 1.807) is 18.2 Å². The maximum absolute atomic E-state index is 13.0. The van der Waals surface area contributed by atoms with Crippen molar-refractivity contribution in [3.63, 3.8) is 0 Å². The van der Waals surface area contributed by atoms with E-state index in [-0.39, 0.29) is 11.5 Å². The van der Waals surface area contributed by atoms with Crippen LogP contribution in [-0.2, 0) is 6.54 Å². The lowest BCUT2D eigenvalue weighted by Crippen LogP contribution is -2.33. The summed E-state index contributed by atoms with van der Waals surface area (Å²) in [6.45, 7) is 4.84. The lowest BCUT2D eigenvalue weighted by atomic mass is 9.99.